The van der Waals surface area contributed by atoms with Gasteiger partial charge in [0.2, 0.25) is 0 Å². The maximum absolute atomic E-state index is 12.1. The monoisotopic (exact) mass is 147 g/mol. The molecule has 2 aliphatic rings. The van der Waals surface area contributed by atoms with E-state index in [2.05, 4.69) is 5.48 Å². The zero-order valence-electron chi connectivity index (χ0n) is 5.55. The Balaban J connectivity index is 2.01. The minimum Gasteiger partial charge on any atom is -0.378 e. The lowest BCUT2D eigenvalue weighted by molar-refractivity contribution is 0.000504. The predicted octanol–water partition coefficient (Wildman–Crippen LogP) is -0.126. The summed E-state index contributed by atoms with van der Waals surface area (Å²) >= 11 is 0. The minimum atomic E-state index is -0.371. The first-order valence-corrected chi connectivity index (χ1v) is 3.46. The average molecular weight is 147 g/mol. The standard InChI is InChI=1S/C6H10FNO2/c7-1-5-4-2-9-3-6(4)10-8-5/h4-6,8H,1-3H2/t4-,5?,6-/m1/s1. The molecule has 0 spiro atoms. The van der Waals surface area contributed by atoms with Crippen LogP contribution in [0, 0.1) is 5.92 Å². The molecule has 2 saturated heterocycles. The highest BCUT2D eigenvalue weighted by atomic mass is 19.1. The van der Waals surface area contributed by atoms with Crippen LogP contribution in [-0.2, 0) is 9.57 Å². The molecule has 2 heterocycles. The molecule has 2 fully saturated rings. The van der Waals surface area contributed by atoms with E-state index in [1.165, 1.54) is 0 Å². The molecule has 2 rings (SSSR count). The summed E-state index contributed by atoms with van der Waals surface area (Å²) in [6, 6.07) is -0.146. The van der Waals surface area contributed by atoms with Crippen LogP contribution in [0.5, 0.6) is 0 Å². The van der Waals surface area contributed by atoms with E-state index in [-0.39, 0.29) is 24.7 Å². The van der Waals surface area contributed by atoms with Gasteiger partial charge in [0.05, 0.1) is 19.3 Å². The number of hydrogen-bond donors (Lipinski definition) is 1. The summed E-state index contributed by atoms with van der Waals surface area (Å²) in [6.45, 7) is 0.866. The lowest BCUT2D eigenvalue weighted by atomic mass is 10.0. The van der Waals surface area contributed by atoms with Gasteiger partial charge in [0.25, 0.3) is 0 Å². The molecule has 1 unspecified atom stereocenters. The van der Waals surface area contributed by atoms with E-state index < -0.39 is 0 Å². The summed E-state index contributed by atoms with van der Waals surface area (Å²) in [5.74, 6) is 0.227. The van der Waals surface area contributed by atoms with Crippen LogP contribution in [0.3, 0.4) is 0 Å². The summed E-state index contributed by atoms with van der Waals surface area (Å²) in [5, 5.41) is 0. The second-order valence-corrected chi connectivity index (χ2v) is 2.74. The van der Waals surface area contributed by atoms with E-state index in [9.17, 15) is 4.39 Å². The fraction of sp³-hybridized carbons (Fsp3) is 1.00. The zero-order valence-corrected chi connectivity index (χ0v) is 5.55. The Labute approximate surface area is 58.4 Å². The van der Waals surface area contributed by atoms with Gasteiger partial charge in [0, 0.05) is 5.92 Å². The van der Waals surface area contributed by atoms with E-state index in [0.717, 1.165) is 0 Å². The Hall–Kier alpha value is -0.190. The quantitative estimate of drug-likeness (QED) is 0.560. The Morgan fingerprint density at radius 1 is 1.50 bits per heavy atom. The van der Waals surface area contributed by atoms with Crippen LogP contribution in [-0.4, -0.2) is 32.0 Å². The molecule has 3 nitrogen and oxygen atoms in total. The molecule has 0 aliphatic carbocycles. The Morgan fingerprint density at radius 3 is 3.20 bits per heavy atom. The summed E-state index contributed by atoms with van der Waals surface area (Å²) < 4.78 is 17.3. The summed E-state index contributed by atoms with van der Waals surface area (Å²) in [4.78, 5) is 5.07. The number of hydrogen-bond acceptors (Lipinski definition) is 3. The van der Waals surface area contributed by atoms with E-state index >= 15 is 0 Å². The van der Waals surface area contributed by atoms with Crippen molar-refractivity contribution in [2.75, 3.05) is 19.9 Å². The molecule has 2 aliphatic heterocycles. The van der Waals surface area contributed by atoms with Crippen LogP contribution in [0.25, 0.3) is 0 Å². The first-order valence-electron chi connectivity index (χ1n) is 3.46. The SMILES string of the molecule is FCC1NO[C@@H]2COC[C@H]12. The third kappa shape index (κ3) is 0.836. The number of halogens is 1. The maximum atomic E-state index is 12.1. The Bertz CT molecular complexity index is 133. The molecule has 0 aromatic heterocycles. The van der Waals surface area contributed by atoms with Crippen LogP contribution in [0.1, 0.15) is 0 Å². The van der Waals surface area contributed by atoms with Gasteiger partial charge in [-0.05, 0) is 0 Å². The van der Waals surface area contributed by atoms with E-state index in [1.54, 1.807) is 0 Å². The highest BCUT2D eigenvalue weighted by molar-refractivity contribution is 4.88. The van der Waals surface area contributed by atoms with Crippen molar-refractivity contribution in [3.05, 3.63) is 0 Å². The molecule has 0 aromatic carbocycles. The zero-order chi connectivity index (χ0) is 6.97. The molecule has 58 valence electrons. The summed E-state index contributed by atoms with van der Waals surface area (Å²) in [6.07, 6.45) is 0.0840. The average Bonchev–Trinajstić information content (AvgIpc) is 2.44. The minimum absolute atomic E-state index is 0.0840. The number of rotatable bonds is 1. The third-order valence-electron chi connectivity index (χ3n) is 2.12. The van der Waals surface area contributed by atoms with Crippen molar-refractivity contribution in [1.82, 2.24) is 5.48 Å². The van der Waals surface area contributed by atoms with Crippen molar-refractivity contribution >= 4 is 0 Å². The Morgan fingerprint density at radius 2 is 2.40 bits per heavy atom. The number of fused-ring (bicyclic) bond motifs is 1. The second-order valence-electron chi connectivity index (χ2n) is 2.74. The van der Waals surface area contributed by atoms with E-state index in [0.29, 0.717) is 13.2 Å². The molecule has 4 heteroatoms. The van der Waals surface area contributed by atoms with Gasteiger partial charge < -0.3 is 4.74 Å². The summed E-state index contributed by atoms with van der Waals surface area (Å²) in [5.41, 5.74) is 2.65. The van der Waals surface area contributed by atoms with Crippen molar-refractivity contribution in [2.24, 2.45) is 5.92 Å². The molecule has 0 aromatic rings. The topological polar surface area (TPSA) is 30.5 Å². The van der Waals surface area contributed by atoms with Crippen molar-refractivity contribution < 1.29 is 14.0 Å². The smallest absolute Gasteiger partial charge is 0.109 e. The number of alkyl halides is 1. The number of hydroxylamine groups is 1. The van der Waals surface area contributed by atoms with Gasteiger partial charge in [-0.15, -0.1) is 0 Å². The highest BCUT2D eigenvalue weighted by Crippen LogP contribution is 2.25. The largest absolute Gasteiger partial charge is 0.378 e. The molecule has 0 amide bonds. The van der Waals surface area contributed by atoms with Crippen LogP contribution < -0.4 is 5.48 Å². The predicted molar refractivity (Wildman–Crippen MR) is 32.1 cm³/mol. The molecule has 0 radical (unpaired) electrons. The van der Waals surface area contributed by atoms with Crippen LogP contribution >= 0.6 is 0 Å². The Kier molecular flexibility index (Phi) is 1.60. The molecule has 1 N–H and O–H groups in total. The van der Waals surface area contributed by atoms with E-state index in [1.807, 2.05) is 0 Å². The van der Waals surface area contributed by atoms with Gasteiger partial charge in [-0.2, -0.15) is 5.48 Å². The molecule has 3 atom stereocenters. The lowest BCUT2D eigenvalue weighted by Crippen LogP contribution is -2.30. The maximum Gasteiger partial charge on any atom is 0.109 e. The van der Waals surface area contributed by atoms with Crippen LogP contribution in [0.15, 0.2) is 0 Å². The first-order chi connectivity index (χ1) is 4.92. The van der Waals surface area contributed by atoms with Crippen LogP contribution in [0.2, 0.25) is 0 Å². The van der Waals surface area contributed by atoms with Crippen molar-refractivity contribution in [1.29, 1.82) is 0 Å². The van der Waals surface area contributed by atoms with Crippen molar-refractivity contribution in [2.45, 2.75) is 12.1 Å². The van der Waals surface area contributed by atoms with Gasteiger partial charge in [-0.1, -0.05) is 0 Å². The van der Waals surface area contributed by atoms with Crippen molar-refractivity contribution in [3.63, 3.8) is 0 Å². The normalized spacial score (nSPS) is 45.9. The first kappa shape index (κ1) is 6.52. The van der Waals surface area contributed by atoms with Gasteiger partial charge in [-0.3, -0.25) is 4.84 Å². The van der Waals surface area contributed by atoms with Gasteiger partial charge in [0.1, 0.15) is 12.8 Å². The number of ether oxygens (including phenoxy) is 1. The van der Waals surface area contributed by atoms with Crippen LogP contribution in [0.4, 0.5) is 4.39 Å². The third-order valence-corrected chi connectivity index (χ3v) is 2.12. The molecular weight excluding hydrogens is 137 g/mol. The molecule has 10 heavy (non-hydrogen) atoms. The summed E-state index contributed by atoms with van der Waals surface area (Å²) in [7, 11) is 0. The fourth-order valence-electron chi connectivity index (χ4n) is 1.46. The van der Waals surface area contributed by atoms with Crippen molar-refractivity contribution in [3.8, 4) is 0 Å². The molecule has 0 bridgehead atoms. The van der Waals surface area contributed by atoms with Gasteiger partial charge in [0.15, 0.2) is 0 Å². The molecular formula is C6H10FNO2. The molecule has 0 saturated carbocycles. The lowest BCUT2D eigenvalue weighted by Gasteiger charge is -2.08. The second kappa shape index (κ2) is 2.45. The number of nitrogens with one attached hydrogen (secondary N) is 1. The van der Waals surface area contributed by atoms with E-state index in [4.69, 9.17) is 9.57 Å². The fourth-order valence-corrected chi connectivity index (χ4v) is 1.46. The van der Waals surface area contributed by atoms with Gasteiger partial charge in [-0.25, -0.2) is 4.39 Å². The highest BCUT2D eigenvalue weighted by Gasteiger charge is 2.41. The van der Waals surface area contributed by atoms with Gasteiger partial charge >= 0.3 is 0 Å².